The average molecular weight is 315 g/mol. The molecule has 1 aromatic rings. The van der Waals surface area contributed by atoms with E-state index in [2.05, 4.69) is 27.9 Å². The number of halogens is 1. The second-order valence-corrected chi connectivity index (χ2v) is 4.92. The molecular weight excluding hydrogens is 301 g/mol. The van der Waals surface area contributed by atoms with Crippen molar-refractivity contribution in [2.75, 3.05) is 5.32 Å². The predicted molar refractivity (Wildman–Crippen MR) is 72.0 cm³/mol. The molecular formula is C12H14INO. The van der Waals surface area contributed by atoms with Gasteiger partial charge in [0.1, 0.15) is 0 Å². The molecule has 0 atom stereocenters. The van der Waals surface area contributed by atoms with Crippen LogP contribution in [0.3, 0.4) is 0 Å². The van der Waals surface area contributed by atoms with Gasteiger partial charge in [-0.05, 0) is 67.1 Å². The number of carbonyl (C=O) groups is 1. The van der Waals surface area contributed by atoms with E-state index in [0.29, 0.717) is 0 Å². The average Bonchev–Trinajstić information content (AvgIpc) is 2.08. The number of hydrogen-bond donors (Lipinski definition) is 1. The standard InChI is InChI=1S/C12H14INO/c1-8(2)6-12(15)14-11-5-4-10(13)7-9(11)3/h4-7H,1-3H3,(H,14,15). The van der Waals surface area contributed by atoms with E-state index >= 15 is 0 Å². The molecule has 3 heteroatoms. The molecule has 0 aromatic heterocycles. The van der Waals surface area contributed by atoms with Crippen molar-refractivity contribution in [1.29, 1.82) is 0 Å². The van der Waals surface area contributed by atoms with E-state index in [1.807, 2.05) is 39.0 Å². The van der Waals surface area contributed by atoms with Crippen LogP contribution in [0.4, 0.5) is 5.69 Å². The Kier molecular flexibility index (Phi) is 4.32. The molecule has 0 aliphatic rings. The number of amides is 1. The number of carbonyl (C=O) groups excluding carboxylic acids is 1. The summed E-state index contributed by atoms with van der Waals surface area (Å²) in [7, 11) is 0. The van der Waals surface area contributed by atoms with Crippen molar-refractivity contribution in [3.05, 3.63) is 39.0 Å². The summed E-state index contributed by atoms with van der Waals surface area (Å²) in [4.78, 5) is 11.5. The second kappa shape index (κ2) is 5.30. The van der Waals surface area contributed by atoms with Crippen LogP contribution in [0.2, 0.25) is 0 Å². The van der Waals surface area contributed by atoms with Crippen molar-refractivity contribution in [3.63, 3.8) is 0 Å². The van der Waals surface area contributed by atoms with E-state index in [1.54, 1.807) is 6.08 Å². The van der Waals surface area contributed by atoms with Gasteiger partial charge >= 0.3 is 0 Å². The van der Waals surface area contributed by atoms with E-state index in [9.17, 15) is 4.79 Å². The van der Waals surface area contributed by atoms with Crippen molar-refractivity contribution in [2.45, 2.75) is 20.8 Å². The van der Waals surface area contributed by atoms with Crippen LogP contribution in [-0.4, -0.2) is 5.91 Å². The van der Waals surface area contributed by atoms with Crippen LogP contribution < -0.4 is 5.32 Å². The van der Waals surface area contributed by atoms with Gasteiger partial charge in [-0.2, -0.15) is 0 Å². The minimum atomic E-state index is -0.0701. The fraction of sp³-hybridized carbons (Fsp3) is 0.250. The molecule has 1 rings (SSSR count). The molecule has 0 heterocycles. The molecule has 0 radical (unpaired) electrons. The molecule has 1 aromatic carbocycles. The first-order valence-electron chi connectivity index (χ1n) is 4.71. The van der Waals surface area contributed by atoms with Gasteiger partial charge < -0.3 is 5.32 Å². The zero-order valence-electron chi connectivity index (χ0n) is 9.10. The number of anilines is 1. The Bertz CT molecular complexity index is 406. The summed E-state index contributed by atoms with van der Waals surface area (Å²) in [5.41, 5.74) is 2.95. The SMILES string of the molecule is CC(C)=CC(=O)Nc1ccc(I)cc1C. The first kappa shape index (κ1) is 12.2. The Hall–Kier alpha value is -0.840. The molecule has 1 amide bonds. The van der Waals surface area contributed by atoms with Crippen molar-refractivity contribution < 1.29 is 4.79 Å². The molecule has 15 heavy (non-hydrogen) atoms. The Morgan fingerprint density at radius 2 is 2.07 bits per heavy atom. The summed E-state index contributed by atoms with van der Waals surface area (Å²) in [5, 5.41) is 2.85. The Balaban J connectivity index is 2.82. The molecule has 0 aliphatic carbocycles. The van der Waals surface area contributed by atoms with Crippen molar-refractivity contribution in [3.8, 4) is 0 Å². The van der Waals surface area contributed by atoms with Gasteiger partial charge in [-0.1, -0.05) is 5.57 Å². The van der Waals surface area contributed by atoms with Crippen LogP contribution >= 0.6 is 22.6 Å². The number of rotatable bonds is 2. The monoisotopic (exact) mass is 315 g/mol. The number of hydrogen-bond acceptors (Lipinski definition) is 1. The highest BCUT2D eigenvalue weighted by Gasteiger charge is 2.01. The molecule has 0 saturated heterocycles. The molecule has 1 N–H and O–H groups in total. The van der Waals surface area contributed by atoms with E-state index in [1.165, 1.54) is 3.57 Å². The lowest BCUT2D eigenvalue weighted by atomic mass is 10.2. The molecule has 0 aliphatic heterocycles. The minimum Gasteiger partial charge on any atom is -0.322 e. The van der Waals surface area contributed by atoms with Gasteiger partial charge in [0.2, 0.25) is 5.91 Å². The summed E-state index contributed by atoms with van der Waals surface area (Å²) in [6, 6.07) is 5.94. The summed E-state index contributed by atoms with van der Waals surface area (Å²) >= 11 is 2.25. The Morgan fingerprint density at radius 1 is 1.40 bits per heavy atom. The van der Waals surface area contributed by atoms with Crippen LogP contribution in [0.15, 0.2) is 29.8 Å². The van der Waals surface area contributed by atoms with Gasteiger partial charge in [-0.25, -0.2) is 0 Å². The molecule has 0 bridgehead atoms. The first-order chi connectivity index (χ1) is 6.99. The third-order valence-electron chi connectivity index (χ3n) is 1.87. The van der Waals surface area contributed by atoms with Crippen molar-refractivity contribution in [1.82, 2.24) is 0 Å². The molecule has 0 fully saturated rings. The largest absolute Gasteiger partial charge is 0.322 e. The van der Waals surface area contributed by atoms with Gasteiger partial charge in [0.05, 0.1) is 0 Å². The molecule has 2 nitrogen and oxygen atoms in total. The first-order valence-corrected chi connectivity index (χ1v) is 5.79. The number of aryl methyl sites for hydroxylation is 1. The fourth-order valence-corrected chi connectivity index (χ4v) is 1.85. The predicted octanol–water partition coefficient (Wildman–Crippen LogP) is 3.50. The highest BCUT2D eigenvalue weighted by molar-refractivity contribution is 14.1. The maximum atomic E-state index is 11.5. The molecule has 0 spiro atoms. The number of nitrogens with one attached hydrogen (secondary N) is 1. The van der Waals surface area contributed by atoms with Crippen LogP contribution in [-0.2, 0) is 4.79 Å². The van der Waals surface area contributed by atoms with Gasteiger partial charge in [-0.15, -0.1) is 0 Å². The smallest absolute Gasteiger partial charge is 0.248 e. The summed E-state index contributed by atoms with van der Waals surface area (Å²) in [5.74, 6) is -0.0701. The zero-order chi connectivity index (χ0) is 11.4. The summed E-state index contributed by atoms with van der Waals surface area (Å²) in [6.07, 6.45) is 1.59. The van der Waals surface area contributed by atoms with E-state index < -0.39 is 0 Å². The van der Waals surface area contributed by atoms with E-state index in [-0.39, 0.29) is 5.91 Å². The van der Waals surface area contributed by atoms with Gasteiger partial charge in [0.15, 0.2) is 0 Å². The van der Waals surface area contributed by atoms with Crippen LogP contribution in [0, 0.1) is 10.5 Å². The molecule has 0 unspecified atom stereocenters. The van der Waals surface area contributed by atoms with E-state index in [4.69, 9.17) is 0 Å². The lowest BCUT2D eigenvalue weighted by Crippen LogP contribution is -2.09. The lowest BCUT2D eigenvalue weighted by molar-refractivity contribution is -0.111. The number of allylic oxidation sites excluding steroid dienone is 1. The third kappa shape index (κ3) is 4.03. The fourth-order valence-electron chi connectivity index (χ4n) is 1.20. The van der Waals surface area contributed by atoms with Gasteiger partial charge in [0.25, 0.3) is 0 Å². The maximum Gasteiger partial charge on any atom is 0.248 e. The third-order valence-corrected chi connectivity index (χ3v) is 2.54. The second-order valence-electron chi connectivity index (χ2n) is 3.67. The van der Waals surface area contributed by atoms with Gasteiger partial charge in [-0.3, -0.25) is 4.79 Å². The summed E-state index contributed by atoms with van der Waals surface area (Å²) in [6.45, 7) is 5.79. The normalized spacial score (nSPS) is 9.60. The van der Waals surface area contributed by atoms with Crippen LogP contribution in [0.5, 0.6) is 0 Å². The topological polar surface area (TPSA) is 29.1 Å². The highest BCUT2D eigenvalue weighted by Crippen LogP contribution is 2.17. The Labute approximate surface area is 104 Å². The van der Waals surface area contributed by atoms with Crippen molar-refractivity contribution in [2.24, 2.45) is 0 Å². The molecule has 0 saturated carbocycles. The highest BCUT2D eigenvalue weighted by atomic mass is 127. The van der Waals surface area contributed by atoms with Gasteiger partial charge in [0, 0.05) is 15.3 Å². The quantitative estimate of drug-likeness (QED) is 0.657. The van der Waals surface area contributed by atoms with Crippen LogP contribution in [0.1, 0.15) is 19.4 Å². The zero-order valence-corrected chi connectivity index (χ0v) is 11.3. The van der Waals surface area contributed by atoms with Crippen LogP contribution in [0.25, 0.3) is 0 Å². The Morgan fingerprint density at radius 3 is 2.60 bits per heavy atom. The van der Waals surface area contributed by atoms with Crippen molar-refractivity contribution >= 4 is 34.2 Å². The summed E-state index contributed by atoms with van der Waals surface area (Å²) < 4.78 is 1.17. The molecule has 80 valence electrons. The lowest BCUT2D eigenvalue weighted by Gasteiger charge is -2.06. The van der Waals surface area contributed by atoms with E-state index in [0.717, 1.165) is 16.8 Å². The minimum absolute atomic E-state index is 0.0701. The maximum absolute atomic E-state index is 11.5. The number of benzene rings is 1.